The number of carbonyl (C=O) groups is 2. The summed E-state index contributed by atoms with van der Waals surface area (Å²) in [7, 11) is -2.59. The zero-order chi connectivity index (χ0) is 19.3. The highest BCUT2D eigenvalue weighted by atomic mass is 35.5. The third-order valence-corrected chi connectivity index (χ3v) is 6.73. The number of hydrogen-bond acceptors (Lipinski definition) is 6. The molecule has 0 aliphatic heterocycles. The predicted octanol–water partition coefficient (Wildman–Crippen LogP) is 2.51. The van der Waals surface area contributed by atoms with E-state index in [-0.39, 0.29) is 4.21 Å². The minimum atomic E-state index is -3.84. The molecule has 0 bridgehead atoms. The second kappa shape index (κ2) is 8.63. The van der Waals surface area contributed by atoms with Crippen molar-refractivity contribution in [2.45, 2.75) is 11.1 Å². The number of nitrogens with zero attached hydrogens (tertiary/aromatic N) is 1. The summed E-state index contributed by atoms with van der Waals surface area (Å²) in [6, 6.07) is 9.96. The van der Waals surface area contributed by atoms with E-state index in [9.17, 15) is 18.0 Å². The molecule has 0 unspecified atom stereocenters. The summed E-state index contributed by atoms with van der Waals surface area (Å²) in [5, 5.41) is 2.59. The number of hydrogen-bond donors (Lipinski definition) is 1. The van der Waals surface area contributed by atoms with E-state index in [1.165, 1.54) is 19.2 Å². The lowest BCUT2D eigenvalue weighted by molar-refractivity contribution is -0.147. The number of nitrogens with one attached hydrogen (secondary N) is 1. The number of rotatable bonds is 7. The average Bonchev–Trinajstić information content (AvgIpc) is 3.00. The highest BCUT2D eigenvalue weighted by molar-refractivity contribution is 7.91. The predicted molar refractivity (Wildman–Crippen MR) is 99.9 cm³/mol. The fourth-order valence-electron chi connectivity index (χ4n) is 1.97. The van der Waals surface area contributed by atoms with Crippen molar-refractivity contribution < 1.29 is 22.7 Å². The van der Waals surface area contributed by atoms with Crippen LogP contribution in [0.3, 0.4) is 0 Å². The first kappa shape index (κ1) is 20.4. The fourth-order valence-corrected chi connectivity index (χ4v) is 4.78. The van der Waals surface area contributed by atoms with Crippen molar-refractivity contribution in [3.05, 3.63) is 46.3 Å². The number of sulfonamides is 1. The zero-order valence-electron chi connectivity index (χ0n) is 14.1. The first-order chi connectivity index (χ1) is 12.2. The van der Waals surface area contributed by atoms with E-state index in [1.807, 2.05) is 13.0 Å². The average molecular weight is 417 g/mol. The summed E-state index contributed by atoms with van der Waals surface area (Å²) >= 11 is 6.63. The van der Waals surface area contributed by atoms with Crippen molar-refractivity contribution >= 4 is 50.5 Å². The van der Waals surface area contributed by atoms with Crippen LogP contribution in [0.1, 0.15) is 5.56 Å². The van der Waals surface area contributed by atoms with Crippen molar-refractivity contribution in [3.63, 3.8) is 0 Å². The Morgan fingerprint density at radius 1 is 1.27 bits per heavy atom. The molecule has 1 aromatic heterocycles. The third-order valence-electron chi connectivity index (χ3n) is 3.23. The molecule has 140 valence electrons. The molecule has 1 N–H and O–H groups in total. The normalized spacial score (nSPS) is 11.4. The smallest absolute Gasteiger partial charge is 0.321 e. The van der Waals surface area contributed by atoms with Gasteiger partial charge in [-0.15, -0.1) is 11.3 Å². The molecule has 0 radical (unpaired) electrons. The van der Waals surface area contributed by atoms with Crippen LogP contribution in [0, 0.1) is 6.92 Å². The summed E-state index contributed by atoms with van der Waals surface area (Å²) in [5.41, 5.74) is 1.56. The van der Waals surface area contributed by atoms with Gasteiger partial charge in [-0.25, -0.2) is 8.42 Å². The number of ether oxygens (including phenoxy) is 1. The molecule has 0 fully saturated rings. The summed E-state index contributed by atoms with van der Waals surface area (Å²) < 4.78 is 30.6. The molecule has 1 heterocycles. The minimum Gasteiger partial charge on any atom is -0.455 e. The van der Waals surface area contributed by atoms with Crippen LogP contribution < -0.4 is 5.32 Å². The monoisotopic (exact) mass is 416 g/mol. The van der Waals surface area contributed by atoms with Crippen molar-refractivity contribution in [3.8, 4) is 0 Å². The van der Waals surface area contributed by atoms with Gasteiger partial charge < -0.3 is 10.1 Å². The second-order valence-electron chi connectivity index (χ2n) is 5.40. The van der Waals surface area contributed by atoms with Gasteiger partial charge in [-0.1, -0.05) is 23.7 Å². The van der Waals surface area contributed by atoms with Crippen LogP contribution >= 0.6 is 22.9 Å². The molecule has 0 atom stereocenters. The van der Waals surface area contributed by atoms with Crippen LogP contribution in [0.5, 0.6) is 0 Å². The zero-order valence-corrected chi connectivity index (χ0v) is 16.5. The number of amides is 1. The van der Waals surface area contributed by atoms with Gasteiger partial charge in [-0.3, -0.25) is 9.59 Å². The Labute approximate surface area is 160 Å². The highest BCUT2D eigenvalue weighted by Crippen LogP contribution is 2.27. The topological polar surface area (TPSA) is 92.8 Å². The molecule has 0 saturated carbocycles. The molecule has 0 saturated heterocycles. The molecular formula is C16H17ClN2O5S2. The lowest BCUT2D eigenvalue weighted by atomic mass is 10.2. The van der Waals surface area contributed by atoms with Gasteiger partial charge in [0.1, 0.15) is 10.8 Å². The van der Waals surface area contributed by atoms with Gasteiger partial charge in [0, 0.05) is 12.7 Å². The maximum absolute atomic E-state index is 12.3. The number of carbonyl (C=O) groups excluding carboxylic acids is 2. The van der Waals surface area contributed by atoms with E-state index in [0.717, 1.165) is 21.2 Å². The van der Waals surface area contributed by atoms with Gasteiger partial charge in [-0.05, 0) is 36.8 Å². The molecule has 1 aromatic carbocycles. The standard InChI is InChI=1S/C16H17ClN2O5S2/c1-11-4-3-5-12(8-11)18-14(20)10-24-15(21)9-19(2)26(22,23)16-7-6-13(17)25-16/h3-8H,9-10H2,1-2H3,(H,18,20). The first-order valence-electron chi connectivity index (χ1n) is 7.42. The fraction of sp³-hybridized carbons (Fsp3) is 0.250. The van der Waals surface area contributed by atoms with Crippen molar-refractivity contribution in [2.75, 3.05) is 25.5 Å². The third kappa shape index (κ3) is 5.53. The summed E-state index contributed by atoms with van der Waals surface area (Å²) in [6.45, 7) is 0.855. The van der Waals surface area contributed by atoms with Crippen LogP contribution in [0.4, 0.5) is 5.69 Å². The van der Waals surface area contributed by atoms with E-state index in [0.29, 0.717) is 10.0 Å². The molecule has 0 spiro atoms. The number of benzene rings is 1. The maximum Gasteiger partial charge on any atom is 0.321 e. The lowest BCUT2D eigenvalue weighted by Crippen LogP contribution is -2.33. The Morgan fingerprint density at radius 2 is 2.00 bits per heavy atom. The van der Waals surface area contributed by atoms with Crippen LogP contribution in [0.15, 0.2) is 40.6 Å². The van der Waals surface area contributed by atoms with Crippen molar-refractivity contribution in [2.24, 2.45) is 0 Å². The number of halogens is 1. The highest BCUT2D eigenvalue weighted by Gasteiger charge is 2.25. The Morgan fingerprint density at radius 3 is 2.62 bits per heavy atom. The molecule has 2 aromatic rings. The molecule has 7 nitrogen and oxygen atoms in total. The van der Waals surface area contributed by atoms with E-state index in [1.54, 1.807) is 18.2 Å². The van der Waals surface area contributed by atoms with Crippen LogP contribution in [-0.2, 0) is 24.3 Å². The van der Waals surface area contributed by atoms with Crippen LogP contribution in [-0.4, -0.2) is 44.8 Å². The molecular weight excluding hydrogens is 400 g/mol. The number of aryl methyl sites for hydroxylation is 1. The molecule has 0 aliphatic carbocycles. The molecule has 2 rings (SSSR count). The maximum atomic E-state index is 12.3. The number of anilines is 1. The van der Waals surface area contributed by atoms with E-state index in [2.05, 4.69) is 5.32 Å². The molecule has 1 amide bonds. The van der Waals surface area contributed by atoms with Gasteiger partial charge in [0.05, 0.1) is 4.34 Å². The number of esters is 1. The lowest BCUT2D eigenvalue weighted by Gasteiger charge is -2.15. The second-order valence-corrected chi connectivity index (χ2v) is 9.38. The largest absolute Gasteiger partial charge is 0.455 e. The van der Waals surface area contributed by atoms with Gasteiger partial charge in [0.25, 0.3) is 15.9 Å². The van der Waals surface area contributed by atoms with Crippen LogP contribution in [0.2, 0.25) is 4.34 Å². The summed E-state index contributed by atoms with van der Waals surface area (Å²) in [5.74, 6) is -1.35. The Bertz CT molecular complexity index is 911. The molecule has 26 heavy (non-hydrogen) atoms. The molecule has 0 aliphatic rings. The van der Waals surface area contributed by atoms with E-state index in [4.69, 9.17) is 16.3 Å². The first-order valence-corrected chi connectivity index (χ1v) is 10.1. The quantitative estimate of drug-likeness (QED) is 0.700. The Hall–Kier alpha value is -1.94. The van der Waals surface area contributed by atoms with Crippen molar-refractivity contribution in [1.82, 2.24) is 4.31 Å². The van der Waals surface area contributed by atoms with Gasteiger partial charge in [0.2, 0.25) is 0 Å². The Balaban J connectivity index is 1.85. The van der Waals surface area contributed by atoms with E-state index < -0.39 is 35.1 Å². The Kier molecular flexibility index (Phi) is 6.76. The summed E-state index contributed by atoms with van der Waals surface area (Å²) in [4.78, 5) is 23.6. The van der Waals surface area contributed by atoms with Gasteiger partial charge in [-0.2, -0.15) is 4.31 Å². The van der Waals surface area contributed by atoms with Gasteiger partial charge >= 0.3 is 5.97 Å². The number of likely N-dealkylation sites (N-methyl/N-ethyl adjacent to an activating group) is 1. The van der Waals surface area contributed by atoms with Gasteiger partial charge in [0.15, 0.2) is 6.61 Å². The SMILES string of the molecule is Cc1cccc(NC(=O)COC(=O)CN(C)S(=O)(=O)c2ccc(Cl)s2)c1. The van der Waals surface area contributed by atoms with Crippen LogP contribution in [0.25, 0.3) is 0 Å². The minimum absolute atomic E-state index is 0.0231. The van der Waals surface area contributed by atoms with Crippen molar-refractivity contribution in [1.29, 1.82) is 0 Å². The number of thiophene rings is 1. The van der Waals surface area contributed by atoms with E-state index >= 15 is 0 Å². The molecule has 10 heteroatoms. The summed E-state index contributed by atoms with van der Waals surface area (Å²) in [6.07, 6.45) is 0.